The molecule has 2 unspecified atom stereocenters. The molecule has 0 aromatic heterocycles. The van der Waals surface area contributed by atoms with Gasteiger partial charge in [-0.15, -0.1) is 0 Å². The average Bonchev–Trinajstić information content (AvgIpc) is 3.10. The van der Waals surface area contributed by atoms with Crippen LogP contribution in [0.2, 0.25) is 0 Å². The molecule has 1 aliphatic heterocycles. The number of anilines is 1. The van der Waals surface area contributed by atoms with E-state index in [1.807, 2.05) is 45.9 Å². The minimum atomic E-state index is -0.145. The summed E-state index contributed by atoms with van der Waals surface area (Å²) in [6.07, 6.45) is 8.44. The van der Waals surface area contributed by atoms with Gasteiger partial charge >= 0.3 is 0 Å². The Morgan fingerprint density at radius 1 is 0.935 bits per heavy atom. The van der Waals surface area contributed by atoms with E-state index in [2.05, 4.69) is 101 Å². The van der Waals surface area contributed by atoms with E-state index >= 15 is 0 Å². The summed E-state index contributed by atoms with van der Waals surface area (Å²) in [6, 6.07) is 22.2. The molecule has 46 heavy (non-hydrogen) atoms. The van der Waals surface area contributed by atoms with Gasteiger partial charge in [-0.3, -0.25) is 0 Å². The Morgan fingerprint density at radius 2 is 1.52 bits per heavy atom. The highest BCUT2D eigenvalue weighted by atomic mass is 19.1. The van der Waals surface area contributed by atoms with Crippen LogP contribution in [0, 0.1) is 30.5 Å². The third-order valence-corrected chi connectivity index (χ3v) is 8.76. The van der Waals surface area contributed by atoms with Gasteiger partial charge in [0, 0.05) is 18.8 Å². The summed E-state index contributed by atoms with van der Waals surface area (Å²) >= 11 is 0. The Balaban J connectivity index is 0.000000415. The first-order chi connectivity index (χ1) is 22.2. The monoisotopic (exact) mass is 627 g/mol. The predicted molar refractivity (Wildman–Crippen MR) is 203 cm³/mol. The van der Waals surface area contributed by atoms with Crippen molar-refractivity contribution in [3.8, 4) is 5.75 Å². The lowest BCUT2D eigenvalue weighted by Gasteiger charge is -2.33. The Labute approximate surface area is 282 Å². The van der Waals surface area contributed by atoms with E-state index in [1.54, 1.807) is 19.2 Å². The van der Waals surface area contributed by atoms with Gasteiger partial charge < -0.3 is 9.64 Å². The summed E-state index contributed by atoms with van der Waals surface area (Å²) in [7, 11) is 1.72. The highest BCUT2D eigenvalue weighted by molar-refractivity contribution is 5.70. The number of nitrogens with zero attached hydrogens (tertiary/aromatic N) is 1. The molecular weight excluding hydrogens is 565 g/mol. The molecule has 1 heterocycles. The number of methoxy groups -OCH3 is 1. The van der Waals surface area contributed by atoms with Crippen LogP contribution in [0.4, 0.5) is 10.1 Å². The van der Waals surface area contributed by atoms with E-state index in [0.29, 0.717) is 11.8 Å². The molecule has 3 aromatic carbocycles. The fraction of sp³-hybridized carbons (Fsp3) is 0.442. The number of aryl methyl sites for hydroxylation is 2. The Hall–Kier alpha value is -3.59. The zero-order valence-corrected chi connectivity index (χ0v) is 30.6. The fourth-order valence-electron chi connectivity index (χ4n) is 5.67. The first kappa shape index (κ1) is 40.4. The molecule has 0 spiro atoms. The maximum Gasteiger partial charge on any atom is 0.123 e. The largest absolute Gasteiger partial charge is 0.496 e. The minimum absolute atomic E-state index is 0.145. The second kappa shape index (κ2) is 22.0. The second-order valence-electron chi connectivity index (χ2n) is 11.8. The normalized spacial score (nSPS) is 14.2. The van der Waals surface area contributed by atoms with Crippen LogP contribution in [0.3, 0.4) is 0 Å². The molecule has 3 heteroatoms. The fourth-order valence-corrected chi connectivity index (χ4v) is 5.67. The summed E-state index contributed by atoms with van der Waals surface area (Å²) in [4.78, 5) is 2.47. The van der Waals surface area contributed by atoms with Crippen LogP contribution < -0.4 is 9.64 Å². The van der Waals surface area contributed by atoms with Gasteiger partial charge in [-0.1, -0.05) is 115 Å². The molecule has 4 rings (SSSR count). The number of hydrogen-bond donors (Lipinski definition) is 0. The van der Waals surface area contributed by atoms with Gasteiger partial charge in [0.1, 0.15) is 11.6 Å². The molecule has 1 aliphatic rings. The van der Waals surface area contributed by atoms with Crippen molar-refractivity contribution in [3.05, 3.63) is 126 Å². The number of hydrogen-bond acceptors (Lipinski definition) is 2. The number of ether oxygens (including phenoxy) is 1. The van der Waals surface area contributed by atoms with E-state index in [4.69, 9.17) is 4.74 Å². The first-order valence-electron chi connectivity index (χ1n) is 17.4. The zero-order valence-electron chi connectivity index (χ0n) is 30.6. The Kier molecular flexibility index (Phi) is 19.4. The molecule has 0 amide bonds. The van der Waals surface area contributed by atoms with Crippen molar-refractivity contribution >= 4 is 11.3 Å². The third-order valence-electron chi connectivity index (χ3n) is 8.76. The van der Waals surface area contributed by atoms with Crippen molar-refractivity contribution in [2.45, 2.75) is 88.0 Å². The van der Waals surface area contributed by atoms with Crippen molar-refractivity contribution in [1.82, 2.24) is 0 Å². The van der Waals surface area contributed by atoms with E-state index in [9.17, 15) is 4.39 Å². The topological polar surface area (TPSA) is 12.5 Å². The van der Waals surface area contributed by atoms with Crippen LogP contribution in [0.1, 0.15) is 90.5 Å². The van der Waals surface area contributed by atoms with Gasteiger partial charge in [0.2, 0.25) is 0 Å². The second-order valence-corrected chi connectivity index (χ2v) is 11.8. The molecule has 3 aromatic rings. The molecule has 252 valence electrons. The third kappa shape index (κ3) is 12.7. The standard InChI is InChI=1S/C20H28O.C19H22FN.2C2H6/c1-8-10-19(16(6)15(5)14(3)4)18-11-12-20(21-7)17(9-2)13-18;1-15-2-8-19(9-3-15)21-12-10-17(11-13-21)14-16-4-6-18(20)7-5-16;2*1-2/h8,10-13,15-16H,1,3,9H2,2,4-7H3;2-9,17H,10-14H2,1H3;2*1-2H3/b19-10+;;;. The van der Waals surface area contributed by atoms with Gasteiger partial charge in [-0.2, -0.15) is 0 Å². The average molecular weight is 628 g/mol. The van der Waals surface area contributed by atoms with Gasteiger partial charge in [0.25, 0.3) is 0 Å². The van der Waals surface area contributed by atoms with Crippen LogP contribution in [0.5, 0.6) is 5.75 Å². The smallest absolute Gasteiger partial charge is 0.123 e. The molecule has 0 saturated carbocycles. The first-order valence-corrected chi connectivity index (χ1v) is 17.4. The molecular formula is C43H62FNO. The van der Waals surface area contributed by atoms with Crippen LogP contribution in [0.25, 0.3) is 5.57 Å². The van der Waals surface area contributed by atoms with Crippen molar-refractivity contribution in [2.24, 2.45) is 17.8 Å². The molecule has 0 bridgehead atoms. The summed E-state index contributed by atoms with van der Waals surface area (Å²) in [6.45, 7) is 29.1. The quantitative estimate of drug-likeness (QED) is 0.164. The van der Waals surface area contributed by atoms with Gasteiger partial charge in [-0.05, 0) is 116 Å². The van der Waals surface area contributed by atoms with Crippen molar-refractivity contribution in [2.75, 3.05) is 25.1 Å². The van der Waals surface area contributed by atoms with Gasteiger partial charge in [0.15, 0.2) is 0 Å². The molecule has 2 atom stereocenters. The highest BCUT2D eigenvalue weighted by Gasteiger charge is 2.20. The lowest BCUT2D eigenvalue weighted by atomic mass is 9.81. The lowest BCUT2D eigenvalue weighted by molar-refractivity contribution is 0.403. The van der Waals surface area contributed by atoms with E-state index in [1.165, 1.54) is 51.9 Å². The van der Waals surface area contributed by atoms with Crippen LogP contribution >= 0.6 is 0 Å². The number of allylic oxidation sites excluding steroid dienone is 4. The van der Waals surface area contributed by atoms with E-state index in [0.717, 1.165) is 37.6 Å². The maximum absolute atomic E-state index is 12.9. The van der Waals surface area contributed by atoms with E-state index < -0.39 is 0 Å². The van der Waals surface area contributed by atoms with Gasteiger partial charge in [0.05, 0.1) is 7.11 Å². The predicted octanol–water partition coefficient (Wildman–Crippen LogP) is 12.3. The Morgan fingerprint density at radius 3 is 2.02 bits per heavy atom. The molecule has 0 N–H and O–H groups in total. The number of rotatable bonds is 10. The summed E-state index contributed by atoms with van der Waals surface area (Å²) in [5.74, 6) is 2.37. The summed E-state index contributed by atoms with van der Waals surface area (Å²) in [5, 5.41) is 0. The van der Waals surface area contributed by atoms with Crippen molar-refractivity contribution < 1.29 is 9.13 Å². The SMILES string of the molecule is C=C/C=C(/c1ccc(OC)c(CC)c1)C(C)C(C)C(=C)C.CC.CC.Cc1ccc(N2CCC(Cc3ccc(F)cc3)CC2)cc1. The zero-order chi connectivity index (χ0) is 34.6. The Bertz CT molecular complexity index is 1310. The van der Waals surface area contributed by atoms with Gasteiger partial charge in [-0.25, -0.2) is 4.39 Å². The summed E-state index contributed by atoms with van der Waals surface area (Å²) < 4.78 is 18.3. The van der Waals surface area contributed by atoms with Crippen LogP contribution in [0.15, 0.2) is 97.6 Å². The minimum Gasteiger partial charge on any atom is -0.496 e. The van der Waals surface area contributed by atoms with Crippen molar-refractivity contribution in [1.29, 1.82) is 0 Å². The molecule has 2 nitrogen and oxygen atoms in total. The molecule has 0 aliphatic carbocycles. The summed E-state index contributed by atoms with van der Waals surface area (Å²) in [5.41, 5.74) is 8.89. The van der Waals surface area contributed by atoms with Crippen LogP contribution in [-0.4, -0.2) is 20.2 Å². The number of benzene rings is 3. The maximum atomic E-state index is 12.9. The van der Waals surface area contributed by atoms with Crippen LogP contribution in [-0.2, 0) is 12.8 Å². The number of halogens is 1. The highest BCUT2D eigenvalue weighted by Crippen LogP contribution is 2.34. The molecule has 1 saturated heterocycles. The van der Waals surface area contributed by atoms with Crippen molar-refractivity contribution in [3.63, 3.8) is 0 Å². The molecule has 1 fully saturated rings. The van der Waals surface area contributed by atoms with E-state index in [-0.39, 0.29) is 5.82 Å². The lowest BCUT2D eigenvalue weighted by Crippen LogP contribution is -2.34. The molecule has 0 radical (unpaired) electrons. The number of piperidine rings is 1.